The van der Waals surface area contributed by atoms with Crippen LogP contribution < -0.4 is 15.6 Å². The first-order valence-electron chi connectivity index (χ1n) is 10.0. The quantitative estimate of drug-likeness (QED) is 0.233. The van der Waals surface area contributed by atoms with Gasteiger partial charge in [0.1, 0.15) is 11.5 Å². The fourth-order valence-corrected chi connectivity index (χ4v) is 4.00. The number of morpholine rings is 1. The van der Waals surface area contributed by atoms with Gasteiger partial charge < -0.3 is 25.2 Å². The Bertz CT molecular complexity index is 1190. The van der Waals surface area contributed by atoms with E-state index in [4.69, 9.17) is 4.74 Å². The molecular weight excluding hydrogens is 594 g/mol. The van der Waals surface area contributed by atoms with E-state index >= 15 is 0 Å². The predicted molar refractivity (Wildman–Crippen MR) is 141 cm³/mol. The van der Waals surface area contributed by atoms with Gasteiger partial charge in [-0.15, -0.1) is 12.4 Å². The molecule has 13 heteroatoms. The average Bonchev–Trinajstić information content (AvgIpc) is 2.79. The molecule has 2 aromatic carbocycles. The SMILES string of the molecule is Cc1ccc(Nc2nc(NN=Cc3cc(Br)c(O)cc3O)nc(N3CCOCC3)n2)c(Br)c1.Cl. The van der Waals surface area contributed by atoms with Crippen molar-refractivity contribution in [2.45, 2.75) is 6.92 Å². The molecule has 2 heterocycles. The summed E-state index contributed by atoms with van der Waals surface area (Å²) in [6.07, 6.45) is 1.40. The third kappa shape index (κ3) is 6.47. The van der Waals surface area contributed by atoms with E-state index in [9.17, 15) is 10.2 Å². The van der Waals surface area contributed by atoms with Crippen molar-refractivity contribution in [3.63, 3.8) is 0 Å². The highest BCUT2D eigenvalue weighted by molar-refractivity contribution is 9.11. The topological polar surface area (TPSA) is 128 Å². The number of nitrogens with one attached hydrogen (secondary N) is 2. The summed E-state index contributed by atoms with van der Waals surface area (Å²) in [6, 6.07) is 8.70. The number of ether oxygens (including phenoxy) is 1. The number of hydrazone groups is 1. The molecule has 1 fully saturated rings. The molecule has 1 aliphatic heterocycles. The van der Waals surface area contributed by atoms with Crippen molar-refractivity contribution in [3.8, 4) is 11.5 Å². The number of anilines is 4. The molecule has 0 radical (unpaired) electrons. The molecule has 1 saturated heterocycles. The van der Waals surface area contributed by atoms with Crippen molar-refractivity contribution < 1.29 is 14.9 Å². The standard InChI is InChI=1S/C21H21Br2N7O3.ClH/c1-12-2-3-16(14(22)8-12)25-19-26-20(28-21(27-19)30-4-6-33-7-5-30)29-24-11-13-9-15(23)18(32)10-17(13)31;/h2-3,8-11,31-32H,4-7H2,1H3,(H2,25,26,27,28,29);1H. The van der Waals surface area contributed by atoms with Crippen LogP contribution in [-0.2, 0) is 4.74 Å². The van der Waals surface area contributed by atoms with Crippen molar-refractivity contribution in [1.29, 1.82) is 0 Å². The highest BCUT2D eigenvalue weighted by Gasteiger charge is 2.17. The van der Waals surface area contributed by atoms with E-state index in [0.29, 0.717) is 48.2 Å². The third-order valence-corrected chi connectivity index (χ3v) is 6.04. The van der Waals surface area contributed by atoms with Gasteiger partial charge in [0.2, 0.25) is 17.8 Å². The minimum absolute atomic E-state index is 0. The minimum Gasteiger partial charge on any atom is -0.507 e. The lowest BCUT2D eigenvalue weighted by molar-refractivity contribution is 0.122. The summed E-state index contributed by atoms with van der Waals surface area (Å²) in [6.45, 7) is 4.52. The Balaban J connectivity index is 0.00000324. The van der Waals surface area contributed by atoms with E-state index in [0.717, 1.165) is 15.7 Å². The second-order valence-corrected chi connectivity index (χ2v) is 8.93. The lowest BCUT2D eigenvalue weighted by Gasteiger charge is -2.27. The number of phenolic OH excluding ortho intramolecular Hbond substituents is 2. The van der Waals surface area contributed by atoms with E-state index in [-0.39, 0.29) is 29.9 Å². The van der Waals surface area contributed by atoms with Gasteiger partial charge in [-0.3, -0.25) is 0 Å². The number of halogens is 3. The molecule has 1 aliphatic rings. The fourth-order valence-electron chi connectivity index (χ4n) is 3.05. The molecule has 0 unspecified atom stereocenters. The summed E-state index contributed by atoms with van der Waals surface area (Å²) in [5.41, 5.74) is 5.13. The van der Waals surface area contributed by atoms with Crippen LogP contribution in [-0.4, -0.2) is 57.7 Å². The van der Waals surface area contributed by atoms with Crippen LogP contribution in [0.4, 0.5) is 23.5 Å². The number of benzene rings is 2. The Kier molecular flexibility index (Phi) is 8.89. The number of aromatic hydroxyl groups is 2. The van der Waals surface area contributed by atoms with Crippen molar-refractivity contribution >= 4 is 74.0 Å². The van der Waals surface area contributed by atoms with Gasteiger partial charge in [0.05, 0.1) is 29.6 Å². The van der Waals surface area contributed by atoms with Crippen LogP contribution in [0.1, 0.15) is 11.1 Å². The van der Waals surface area contributed by atoms with Crippen LogP contribution in [0, 0.1) is 6.92 Å². The number of hydrogen-bond acceptors (Lipinski definition) is 10. The summed E-state index contributed by atoms with van der Waals surface area (Å²) in [5.74, 6) is 0.891. The predicted octanol–water partition coefficient (Wildman–Crippen LogP) is 4.56. The van der Waals surface area contributed by atoms with Crippen molar-refractivity contribution in [1.82, 2.24) is 15.0 Å². The van der Waals surface area contributed by atoms with Gasteiger partial charge in [0, 0.05) is 29.2 Å². The van der Waals surface area contributed by atoms with Gasteiger partial charge in [-0.2, -0.15) is 20.1 Å². The maximum absolute atomic E-state index is 10.0. The number of hydrogen-bond donors (Lipinski definition) is 4. The Morgan fingerprint density at radius 1 is 1.00 bits per heavy atom. The molecular formula is C21H22Br2ClN7O3. The van der Waals surface area contributed by atoms with Gasteiger partial charge in [-0.25, -0.2) is 5.43 Å². The molecule has 0 spiro atoms. The molecule has 3 aromatic rings. The van der Waals surface area contributed by atoms with E-state index in [1.807, 2.05) is 30.0 Å². The Morgan fingerprint density at radius 2 is 1.74 bits per heavy atom. The summed E-state index contributed by atoms with van der Waals surface area (Å²) in [5, 5.41) is 27.0. The molecule has 34 heavy (non-hydrogen) atoms. The second-order valence-electron chi connectivity index (χ2n) is 7.22. The summed E-state index contributed by atoms with van der Waals surface area (Å²) in [7, 11) is 0. The van der Waals surface area contributed by atoms with Crippen LogP contribution in [0.15, 0.2) is 44.4 Å². The summed E-state index contributed by atoms with van der Waals surface area (Å²) < 4.78 is 6.75. The number of nitrogens with zero attached hydrogens (tertiary/aromatic N) is 5. The summed E-state index contributed by atoms with van der Waals surface area (Å²) in [4.78, 5) is 15.5. The van der Waals surface area contributed by atoms with Gasteiger partial charge in [0.25, 0.3) is 0 Å². The molecule has 0 bridgehead atoms. The van der Waals surface area contributed by atoms with Crippen LogP contribution in [0.5, 0.6) is 11.5 Å². The largest absolute Gasteiger partial charge is 0.507 e. The van der Waals surface area contributed by atoms with Gasteiger partial charge in [0.15, 0.2) is 0 Å². The maximum Gasteiger partial charge on any atom is 0.250 e. The first-order valence-corrected chi connectivity index (χ1v) is 11.6. The van der Waals surface area contributed by atoms with Gasteiger partial charge in [-0.1, -0.05) is 6.07 Å². The van der Waals surface area contributed by atoms with Gasteiger partial charge >= 0.3 is 0 Å². The molecule has 0 amide bonds. The van der Waals surface area contributed by atoms with E-state index < -0.39 is 0 Å². The molecule has 0 atom stereocenters. The second kappa shape index (κ2) is 11.6. The molecule has 1 aromatic heterocycles. The fraction of sp³-hybridized carbons (Fsp3) is 0.238. The zero-order chi connectivity index (χ0) is 23.4. The Morgan fingerprint density at radius 3 is 2.47 bits per heavy atom. The monoisotopic (exact) mass is 613 g/mol. The number of phenols is 2. The third-order valence-electron chi connectivity index (χ3n) is 4.75. The lowest BCUT2D eigenvalue weighted by Crippen LogP contribution is -2.37. The van der Waals surface area contributed by atoms with Crippen LogP contribution in [0.2, 0.25) is 0 Å². The lowest BCUT2D eigenvalue weighted by atomic mass is 10.2. The molecule has 0 saturated carbocycles. The number of aromatic nitrogens is 3. The zero-order valence-electron chi connectivity index (χ0n) is 18.0. The highest BCUT2D eigenvalue weighted by atomic mass is 79.9. The average molecular weight is 616 g/mol. The maximum atomic E-state index is 10.0. The number of aryl methyl sites for hydroxylation is 1. The Labute approximate surface area is 219 Å². The molecule has 0 aliphatic carbocycles. The van der Waals surface area contributed by atoms with E-state index in [2.05, 4.69) is 62.7 Å². The van der Waals surface area contributed by atoms with Crippen LogP contribution in [0.3, 0.4) is 0 Å². The van der Waals surface area contributed by atoms with Crippen molar-refractivity contribution in [2.75, 3.05) is 41.9 Å². The van der Waals surface area contributed by atoms with Crippen molar-refractivity contribution in [2.24, 2.45) is 5.10 Å². The molecule has 180 valence electrons. The first kappa shape index (κ1) is 25.9. The van der Waals surface area contributed by atoms with E-state index in [1.54, 1.807) is 6.07 Å². The Hall–Kier alpha value is -2.67. The van der Waals surface area contributed by atoms with Crippen LogP contribution in [0.25, 0.3) is 0 Å². The van der Waals surface area contributed by atoms with Gasteiger partial charge in [-0.05, 0) is 62.5 Å². The summed E-state index contributed by atoms with van der Waals surface area (Å²) >= 11 is 6.78. The van der Waals surface area contributed by atoms with E-state index in [1.165, 1.54) is 12.3 Å². The smallest absolute Gasteiger partial charge is 0.250 e. The van der Waals surface area contributed by atoms with Crippen LogP contribution >= 0.6 is 44.3 Å². The molecule has 4 rings (SSSR count). The first-order chi connectivity index (χ1) is 15.9. The highest BCUT2D eigenvalue weighted by Crippen LogP contribution is 2.30. The number of rotatable bonds is 6. The normalized spacial score (nSPS) is 13.6. The minimum atomic E-state index is -0.113. The zero-order valence-corrected chi connectivity index (χ0v) is 22.0. The molecule has 4 N–H and O–H groups in total. The van der Waals surface area contributed by atoms with Crippen molar-refractivity contribution in [3.05, 3.63) is 50.4 Å². The molecule has 10 nitrogen and oxygen atoms in total.